The number of anilines is 1. The van der Waals surface area contributed by atoms with Crippen molar-refractivity contribution in [2.24, 2.45) is 4.99 Å². The van der Waals surface area contributed by atoms with Crippen LogP contribution in [-0.2, 0) is 4.79 Å². The summed E-state index contributed by atoms with van der Waals surface area (Å²) in [6.45, 7) is 1.65. The standard InChI is InChI=1S/C19H18BrN5O5/c1-11-6-7-12(8-15(11)20)21-18(23-27)17-19(25-30-24-17)22-16(26)10-29-14-5-3-4-13(9-14)28-2/h3-9,27H,10H2,1-2H3,(H,21,23)(H,22,25,26). The van der Waals surface area contributed by atoms with Crippen LogP contribution in [0.2, 0.25) is 0 Å². The van der Waals surface area contributed by atoms with Crippen LogP contribution in [0.4, 0.5) is 11.5 Å². The number of carbonyl (C=O) groups is 1. The van der Waals surface area contributed by atoms with Gasteiger partial charge in [0.15, 0.2) is 18.1 Å². The fraction of sp³-hybridized carbons (Fsp3) is 0.158. The highest BCUT2D eigenvalue weighted by Crippen LogP contribution is 2.24. The minimum Gasteiger partial charge on any atom is -0.497 e. The molecule has 3 aromatic rings. The molecule has 0 atom stereocenters. The van der Waals surface area contributed by atoms with Crippen molar-refractivity contribution in [2.75, 3.05) is 19.0 Å². The van der Waals surface area contributed by atoms with E-state index < -0.39 is 5.91 Å². The van der Waals surface area contributed by atoms with Crippen molar-refractivity contribution in [2.45, 2.75) is 6.92 Å². The molecule has 11 heteroatoms. The fourth-order valence-electron chi connectivity index (χ4n) is 2.35. The third kappa shape index (κ3) is 5.33. The molecular weight excluding hydrogens is 458 g/mol. The van der Waals surface area contributed by atoms with Crippen LogP contribution in [-0.4, -0.2) is 41.0 Å². The molecule has 0 aliphatic heterocycles. The summed E-state index contributed by atoms with van der Waals surface area (Å²) in [5, 5.41) is 19.3. The van der Waals surface area contributed by atoms with E-state index in [1.54, 1.807) is 36.4 Å². The maximum Gasteiger partial charge on any atom is 0.263 e. The Morgan fingerprint density at radius 3 is 2.77 bits per heavy atom. The monoisotopic (exact) mass is 475 g/mol. The van der Waals surface area contributed by atoms with E-state index in [0.717, 1.165) is 10.0 Å². The van der Waals surface area contributed by atoms with Gasteiger partial charge in [-0.2, -0.15) is 0 Å². The summed E-state index contributed by atoms with van der Waals surface area (Å²) < 4.78 is 16.1. The lowest BCUT2D eigenvalue weighted by Gasteiger charge is -2.08. The van der Waals surface area contributed by atoms with Gasteiger partial charge in [-0.25, -0.2) is 9.62 Å². The molecule has 0 spiro atoms. The number of rotatable bonds is 7. The van der Waals surface area contributed by atoms with Crippen LogP contribution in [0.15, 0.2) is 56.6 Å². The van der Waals surface area contributed by atoms with Gasteiger partial charge in [0.05, 0.1) is 12.8 Å². The minimum atomic E-state index is -0.509. The quantitative estimate of drug-likeness (QED) is 0.269. The zero-order valence-corrected chi connectivity index (χ0v) is 17.6. The Labute approximate surface area is 180 Å². The molecule has 1 amide bonds. The first-order chi connectivity index (χ1) is 14.5. The number of hydrogen-bond donors (Lipinski definition) is 3. The first-order valence-electron chi connectivity index (χ1n) is 8.64. The van der Waals surface area contributed by atoms with Crippen molar-refractivity contribution >= 4 is 39.2 Å². The highest BCUT2D eigenvalue weighted by Gasteiger charge is 2.19. The van der Waals surface area contributed by atoms with Gasteiger partial charge < -0.3 is 14.8 Å². The molecule has 1 aromatic heterocycles. The maximum atomic E-state index is 12.2. The van der Waals surface area contributed by atoms with Crippen LogP contribution in [0.5, 0.6) is 11.5 Å². The smallest absolute Gasteiger partial charge is 0.263 e. The number of benzene rings is 2. The number of ether oxygens (including phenoxy) is 2. The molecule has 0 unspecified atom stereocenters. The number of hydroxylamine groups is 1. The highest BCUT2D eigenvalue weighted by molar-refractivity contribution is 9.10. The normalized spacial score (nSPS) is 11.1. The van der Waals surface area contributed by atoms with Gasteiger partial charge in [0, 0.05) is 10.5 Å². The minimum absolute atomic E-state index is 0.0175. The lowest BCUT2D eigenvalue weighted by atomic mass is 10.2. The Kier molecular flexibility index (Phi) is 6.99. The van der Waals surface area contributed by atoms with Crippen LogP contribution < -0.4 is 20.3 Å². The third-order valence-corrected chi connectivity index (χ3v) is 4.74. The lowest BCUT2D eigenvalue weighted by Crippen LogP contribution is -2.25. The fourth-order valence-corrected chi connectivity index (χ4v) is 2.71. The molecule has 0 radical (unpaired) electrons. The topological polar surface area (TPSA) is 131 Å². The Morgan fingerprint density at radius 1 is 1.23 bits per heavy atom. The molecule has 3 rings (SSSR count). The summed E-state index contributed by atoms with van der Waals surface area (Å²) in [6, 6.07) is 12.2. The molecule has 10 nitrogen and oxygen atoms in total. The van der Waals surface area contributed by atoms with Crippen LogP contribution in [0.1, 0.15) is 11.3 Å². The van der Waals surface area contributed by atoms with E-state index in [2.05, 4.69) is 41.2 Å². The molecule has 30 heavy (non-hydrogen) atoms. The summed E-state index contributed by atoms with van der Waals surface area (Å²) in [5.41, 5.74) is 3.52. The van der Waals surface area contributed by atoms with E-state index in [1.807, 2.05) is 18.5 Å². The summed E-state index contributed by atoms with van der Waals surface area (Å²) >= 11 is 3.42. The molecule has 0 aliphatic carbocycles. The molecule has 0 saturated carbocycles. The van der Waals surface area contributed by atoms with Crippen LogP contribution in [0.25, 0.3) is 0 Å². The van der Waals surface area contributed by atoms with Gasteiger partial charge in [0.2, 0.25) is 5.82 Å². The predicted molar refractivity (Wildman–Crippen MR) is 111 cm³/mol. The van der Waals surface area contributed by atoms with Gasteiger partial charge in [0.1, 0.15) is 11.5 Å². The summed E-state index contributed by atoms with van der Waals surface area (Å²) in [7, 11) is 1.54. The summed E-state index contributed by atoms with van der Waals surface area (Å²) in [5.74, 6) is 0.475. The van der Waals surface area contributed by atoms with Crippen LogP contribution in [0, 0.1) is 6.92 Å². The van der Waals surface area contributed by atoms with Crippen LogP contribution in [0.3, 0.4) is 0 Å². The maximum absolute atomic E-state index is 12.2. The number of carbonyl (C=O) groups excluding carboxylic acids is 1. The zero-order chi connectivity index (χ0) is 21.5. The average molecular weight is 476 g/mol. The predicted octanol–water partition coefficient (Wildman–Crippen LogP) is 3.22. The number of amidine groups is 1. The van der Waals surface area contributed by atoms with Crippen LogP contribution >= 0.6 is 15.9 Å². The second kappa shape index (κ2) is 9.85. The average Bonchev–Trinajstić information content (AvgIpc) is 3.21. The van der Waals surface area contributed by atoms with E-state index in [1.165, 1.54) is 7.11 Å². The second-order valence-electron chi connectivity index (χ2n) is 5.98. The van der Waals surface area contributed by atoms with E-state index in [-0.39, 0.29) is 24.0 Å². The van der Waals surface area contributed by atoms with Gasteiger partial charge in [-0.05, 0) is 47.1 Å². The Bertz CT molecular complexity index is 1070. The van der Waals surface area contributed by atoms with E-state index in [4.69, 9.17) is 9.47 Å². The van der Waals surface area contributed by atoms with Gasteiger partial charge in [-0.1, -0.05) is 28.1 Å². The number of halogens is 1. The number of aliphatic imine (C=N–C) groups is 1. The van der Waals surface area contributed by atoms with Crippen molar-refractivity contribution in [3.63, 3.8) is 0 Å². The SMILES string of the molecule is COc1cccc(OCC(=O)Nc2nonc2C(=Nc2ccc(C)c(Br)c2)NO)c1. The number of hydrogen-bond acceptors (Lipinski definition) is 8. The summed E-state index contributed by atoms with van der Waals surface area (Å²) in [4.78, 5) is 16.5. The molecular formula is C19H18BrN5O5. The number of aryl methyl sites for hydroxylation is 1. The number of nitrogens with zero attached hydrogens (tertiary/aromatic N) is 3. The van der Waals surface area contributed by atoms with E-state index in [9.17, 15) is 10.0 Å². The number of methoxy groups -OCH3 is 1. The van der Waals surface area contributed by atoms with Gasteiger partial charge in [0.25, 0.3) is 5.91 Å². The first-order valence-corrected chi connectivity index (χ1v) is 9.44. The Morgan fingerprint density at radius 2 is 2.03 bits per heavy atom. The van der Waals surface area contributed by atoms with Crippen molar-refractivity contribution in [3.05, 3.63) is 58.2 Å². The van der Waals surface area contributed by atoms with Crippen molar-refractivity contribution < 1.29 is 24.1 Å². The molecule has 0 fully saturated rings. The number of nitrogens with one attached hydrogen (secondary N) is 2. The van der Waals surface area contributed by atoms with Gasteiger partial charge in [-0.15, -0.1) is 0 Å². The molecule has 156 valence electrons. The third-order valence-electron chi connectivity index (χ3n) is 3.88. The van der Waals surface area contributed by atoms with Crippen molar-refractivity contribution in [1.29, 1.82) is 0 Å². The molecule has 0 aliphatic rings. The molecule has 0 saturated heterocycles. The van der Waals surface area contributed by atoms with Crippen molar-refractivity contribution in [1.82, 2.24) is 15.8 Å². The molecule has 3 N–H and O–H groups in total. The van der Waals surface area contributed by atoms with E-state index in [0.29, 0.717) is 17.2 Å². The number of aromatic nitrogens is 2. The van der Waals surface area contributed by atoms with E-state index >= 15 is 0 Å². The lowest BCUT2D eigenvalue weighted by molar-refractivity contribution is -0.118. The number of amides is 1. The Hall–Kier alpha value is -3.44. The summed E-state index contributed by atoms with van der Waals surface area (Å²) in [6.07, 6.45) is 0. The highest BCUT2D eigenvalue weighted by atomic mass is 79.9. The molecule has 2 aromatic carbocycles. The first kappa shape index (κ1) is 21.3. The second-order valence-corrected chi connectivity index (χ2v) is 6.84. The van der Waals surface area contributed by atoms with Gasteiger partial charge in [-0.3, -0.25) is 15.5 Å². The molecule has 0 bridgehead atoms. The largest absolute Gasteiger partial charge is 0.497 e. The van der Waals surface area contributed by atoms with Crippen molar-refractivity contribution in [3.8, 4) is 11.5 Å². The Balaban J connectivity index is 1.70. The van der Waals surface area contributed by atoms with Gasteiger partial charge >= 0.3 is 0 Å². The zero-order valence-electron chi connectivity index (χ0n) is 16.0. The molecule has 1 heterocycles.